The molecule has 178 valence electrons. The summed E-state index contributed by atoms with van der Waals surface area (Å²) in [5.41, 5.74) is 6.13. The normalized spacial score (nSPS) is 46.8. The van der Waals surface area contributed by atoms with Crippen LogP contribution in [-0.2, 0) is 6.42 Å². The number of aliphatic hydroxyl groups excluding tert-OH is 2. The topological polar surface area (TPSA) is 52.5 Å². The van der Waals surface area contributed by atoms with Gasteiger partial charge in [0.2, 0.25) is 0 Å². The first-order valence-electron chi connectivity index (χ1n) is 12.6. The van der Waals surface area contributed by atoms with Gasteiger partial charge in [-0.1, -0.05) is 64.8 Å². The fourth-order valence-corrected chi connectivity index (χ4v) is 10.2. The van der Waals surface area contributed by atoms with E-state index in [1.54, 1.807) is 11.1 Å². The van der Waals surface area contributed by atoms with Gasteiger partial charge in [0.05, 0.1) is 12.2 Å². The van der Waals surface area contributed by atoms with E-state index < -0.39 is 0 Å². The van der Waals surface area contributed by atoms with Gasteiger partial charge < -0.3 is 15.5 Å². The van der Waals surface area contributed by atoms with Crippen LogP contribution in [0.5, 0.6) is 0 Å². The van der Waals surface area contributed by atoms with Crippen LogP contribution >= 0.6 is 31.9 Å². The third-order valence-electron chi connectivity index (χ3n) is 10.0. The highest BCUT2D eigenvalue weighted by Crippen LogP contribution is 2.67. The Morgan fingerprint density at radius 3 is 2.69 bits per heavy atom. The average Bonchev–Trinajstić information content (AvgIpc) is 3.10. The fraction of sp³-hybridized carbons (Fsp3) is 0.778. The van der Waals surface area contributed by atoms with Gasteiger partial charge in [0.25, 0.3) is 0 Å². The monoisotopic (exact) mass is 567 g/mol. The molecule has 3 nitrogen and oxygen atoms in total. The van der Waals surface area contributed by atoms with Crippen LogP contribution in [0.15, 0.2) is 12.1 Å². The molecule has 0 spiro atoms. The number of fused-ring (bicyclic) bond motifs is 5. The van der Waals surface area contributed by atoms with Crippen LogP contribution in [0.25, 0.3) is 0 Å². The summed E-state index contributed by atoms with van der Waals surface area (Å²) < 4.78 is -0.0439. The summed E-state index contributed by atoms with van der Waals surface area (Å²) in [6.45, 7) is 10.3. The summed E-state index contributed by atoms with van der Waals surface area (Å²) in [5, 5.41) is 24.9. The molecule has 1 aromatic rings. The van der Waals surface area contributed by atoms with Crippen molar-refractivity contribution in [3.05, 3.63) is 34.4 Å². The van der Waals surface area contributed by atoms with Crippen molar-refractivity contribution in [2.24, 2.45) is 17.3 Å². The second-order valence-electron chi connectivity index (χ2n) is 11.8. The molecule has 1 aliphatic heterocycles. The summed E-state index contributed by atoms with van der Waals surface area (Å²) in [6.07, 6.45) is 5.51. The number of benzene rings is 1. The van der Waals surface area contributed by atoms with Crippen molar-refractivity contribution in [2.75, 3.05) is 6.54 Å². The van der Waals surface area contributed by atoms with Gasteiger partial charge >= 0.3 is 0 Å². The highest BCUT2D eigenvalue weighted by atomic mass is 79.9. The van der Waals surface area contributed by atoms with Crippen LogP contribution in [0, 0.1) is 24.2 Å². The van der Waals surface area contributed by atoms with Gasteiger partial charge in [0, 0.05) is 15.2 Å². The number of aliphatic hydroxyl groups is 2. The van der Waals surface area contributed by atoms with E-state index in [4.69, 9.17) is 0 Å². The first-order valence-corrected chi connectivity index (χ1v) is 14.3. The summed E-state index contributed by atoms with van der Waals surface area (Å²) in [4.78, 5) is 0.365. The molecule has 1 heterocycles. The third-order valence-corrected chi connectivity index (χ3v) is 13.6. The number of halogens is 2. The Kier molecular flexibility index (Phi) is 6.19. The largest absolute Gasteiger partial charge is 0.393 e. The molecule has 3 fully saturated rings. The molecule has 1 aromatic carbocycles. The Balaban J connectivity index is 1.47. The minimum Gasteiger partial charge on any atom is -0.393 e. The smallest absolute Gasteiger partial charge is 0.0702 e. The van der Waals surface area contributed by atoms with Crippen LogP contribution in [-0.4, -0.2) is 44.2 Å². The number of piperidine rings is 1. The molecule has 2 unspecified atom stereocenters. The zero-order valence-electron chi connectivity index (χ0n) is 19.9. The van der Waals surface area contributed by atoms with Crippen molar-refractivity contribution >= 4 is 31.9 Å². The SMILES string of the molecule is Cc1c([C@H](C)[C@@H]2NC[C@@H](C)C[C@H]2O)ccc2c1C[C@H]1[C@H]2CC(Br)C2(Br)C[C@@H](O)CC[C@]12C. The Morgan fingerprint density at radius 1 is 1.22 bits per heavy atom. The molecule has 0 bridgehead atoms. The van der Waals surface area contributed by atoms with E-state index in [9.17, 15) is 10.2 Å². The number of rotatable bonds is 2. The average molecular weight is 569 g/mol. The molecule has 0 radical (unpaired) electrons. The third kappa shape index (κ3) is 3.43. The van der Waals surface area contributed by atoms with Crippen LogP contribution in [0.3, 0.4) is 0 Å². The minimum absolute atomic E-state index is 0.0439. The molecule has 32 heavy (non-hydrogen) atoms. The molecule has 2 saturated carbocycles. The first-order chi connectivity index (χ1) is 15.1. The second kappa shape index (κ2) is 8.33. The zero-order chi connectivity index (χ0) is 23.0. The lowest BCUT2D eigenvalue weighted by molar-refractivity contribution is -0.0226. The maximum absolute atomic E-state index is 10.8. The summed E-state index contributed by atoms with van der Waals surface area (Å²) >= 11 is 8.26. The number of alkyl halides is 2. The molecule has 4 aliphatic rings. The Morgan fingerprint density at radius 2 is 1.97 bits per heavy atom. The number of hydrogen-bond acceptors (Lipinski definition) is 3. The predicted octanol–water partition coefficient (Wildman–Crippen LogP) is 5.57. The van der Waals surface area contributed by atoms with Gasteiger partial charge in [-0.25, -0.2) is 0 Å². The lowest BCUT2D eigenvalue weighted by Crippen LogP contribution is -2.60. The van der Waals surface area contributed by atoms with Gasteiger partial charge in [-0.05, 0) is 103 Å². The van der Waals surface area contributed by atoms with E-state index in [2.05, 4.69) is 77.0 Å². The van der Waals surface area contributed by atoms with Crippen molar-refractivity contribution < 1.29 is 10.2 Å². The lowest BCUT2D eigenvalue weighted by Gasteiger charge is -2.60. The molecule has 1 saturated heterocycles. The summed E-state index contributed by atoms with van der Waals surface area (Å²) in [7, 11) is 0. The minimum atomic E-state index is -0.278. The first kappa shape index (κ1) is 23.8. The molecule has 5 rings (SSSR count). The Bertz CT molecular complexity index is 893. The van der Waals surface area contributed by atoms with Crippen LogP contribution in [0.2, 0.25) is 0 Å². The van der Waals surface area contributed by atoms with Gasteiger partial charge in [-0.3, -0.25) is 0 Å². The molecule has 5 heteroatoms. The van der Waals surface area contributed by atoms with Gasteiger partial charge in [0.1, 0.15) is 0 Å². The summed E-state index contributed by atoms with van der Waals surface area (Å²) in [6, 6.07) is 4.91. The fourth-order valence-electron chi connectivity index (χ4n) is 8.01. The number of nitrogens with one attached hydrogen (secondary N) is 1. The quantitative estimate of drug-likeness (QED) is 0.409. The highest BCUT2D eigenvalue weighted by molar-refractivity contribution is 9.12. The molecule has 0 aromatic heterocycles. The zero-order valence-corrected chi connectivity index (χ0v) is 23.0. The van der Waals surface area contributed by atoms with Crippen molar-refractivity contribution in [1.82, 2.24) is 5.32 Å². The van der Waals surface area contributed by atoms with Crippen LogP contribution in [0.1, 0.15) is 87.0 Å². The van der Waals surface area contributed by atoms with Gasteiger partial charge in [0.15, 0.2) is 0 Å². The van der Waals surface area contributed by atoms with E-state index in [-0.39, 0.29) is 28.0 Å². The molecule has 3 N–H and O–H groups in total. The second-order valence-corrected chi connectivity index (χ2v) is 14.3. The van der Waals surface area contributed by atoms with Gasteiger partial charge in [-0.2, -0.15) is 0 Å². The molecule has 10 atom stereocenters. The van der Waals surface area contributed by atoms with E-state index in [1.165, 1.54) is 11.1 Å². The van der Waals surface area contributed by atoms with E-state index >= 15 is 0 Å². The Hall–Kier alpha value is 0.0600. The maximum atomic E-state index is 10.8. The van der Waals surface area contributed by atoms with Crippen molar-refractivity contribution in [3.8, 4) is 0 Å². The molecule has 3 aliphatic carbocycles. The number of hydrogen-bond donors (Lipinski definition) is 3. The van der Waals surface area contributed by atoms with E-state index in [0.717, 1.165) is 45.1 Å². The maximum Gasteiger partial charge on any atom is 0.0702 e. The standard InChI is InChI=1S/C27H39Br2NO2/c1-14-9-23(32)25(30-13-14)16(3)18-5-6-19-20(15(18)2)10-22-21(19)11-24(28)27(29)12-17(31)7-8-26(22,27)4/h5-6,14,16-17,21-25,30-32H,7-13H2,1-4H3/t14-,16-,17-,21-,22-,23+,24?,25-,26+,27?/m0/s1. The summed E-state index contributed by atoms with van der Waals surface area (Å²) in [5.74, 6) is 2.03. The molecular formula is C27H39Br2NO2. The Labute approximate surface area is 210 Å². The van der Waals surface area contributed by atoms with Crippen LogP contribution < -0.4 is 5.32 Å². The lowest BCUT2D eigenvalue weighted by atomic mass is 9.52. The van der Waals surface area contributed by atoms with Gasteiger partial charge in [-0.15, -0.1) is 0 Å². The molecular weight excluding hydrogens is 530 g/mol. The van der Waals surface area contributed by atoms with E-state index in [0.29, 0.717) is 28.5 Å². The van der Waals surface area contributed by atoms with E-state index in [1.807, 2.05) is 0 Å². The molecule has 0 amide bonds. The van der Waals surface area contributed by atoms with Crippen LogP contribution in [0.4, 0.5) is 0 Å². The van der Waals surface area contributed by atoms with Crippen molar-refractivity contribution in [3.63, 3.8) is 0 Å². The highest BCUT2D eigenvalue weighted by Gasteiger charge is 2.63. The van der Waals surface area contributed by atoms with Crippen molar-refractivity contribution in [1.29, 1.82) is 0 Å². The predicted molar refractivity (Wildman–Crippen MR) is 138 cm³/mol. The van der Waals surface area contributed by atoms with Crippen molar-refractivity contribution in [2.45, 2.75) is 105 Å².